The highest BCUT2D eigenvalue weighted by Gasteiger charge is 2.42. The van der Waals surface area contributed by atoms with Gasteiger partial charge in [0, 0.05) is 5.02 Å². The predicted molar refractivity (Wildman–Crippen MR) is 127 cm³/mol. The van der Waals surface area contributed by atoms with Crippen LogP contribution in [0.4, 0.5) is 0 Å². The quantitative estimate of drug-likeness (QED) is 0.123. The van der Waals surface area contributed by atoms with E-state index in [0.29, 0.717) is 0 Å². The van der Waals surface area contributed by atoms with Gasteiger partial charge in [0.05, 0.1) is 30.0 Å². The normalized spacial score (nSPS) is 13.1. The van der Waals surface area contributed by atoms with E-state index < -0.39 is 66.7 Å². The summed E-state index contributed by atoms with van der Waals surface area (Å²) in [7, 11) is -0.0440. The van der Waals surface area contributed by atoms with Crippen molar-refractivity contribution in [1.29, 1.82) is 0 Å². The van der Waals surface area contributed by atoms with E-state index in [1.807, 2.05) is 0 Å². The fourth-order valence-electron chi connectivity index (χ4n) is 2.87. The molecule has 2 atom stereocenters. The lowest BCUT2D eigenvalue weighted by Crippen LogP contribution is -2.48. The first-order valence-electron chi connectivity index (χ1n) is 10.6. The van der Waals surface area contributed by atoms with Crippen molar-refractivity contribution in [1.82, 2.24) is 10.6 Å². The minimum absolute atomic E-state index is 0.00617. The molecule has 0 aliphatic rings. The Morgan fingerprint density at radius 2 is 1.70 bits per heavy atom. The number of carboxylic acid groups (broad SMARTS) is 1. The van der Waals surface area contributed by atoms with Gasteiger partial charge in [0.25, 0.3) is 11.9 Å². The summed E-state index contributed by atoms with van der Waals surface area (Å²) in [4.78, 5) is 72.0. The van der Waals surface area contributed by atoms with Crippen LogP contribution in [-0.2, 0) is 33.4 Å². The maximum absolute atomic E-state index is 12.5. The van der Waals surface area contributed by atoms with Crippen LogP contribution in [0.3, 0.4) is 0 Å². The molecule has 1 unspecified atom stereocenters. The van der Waals surface area contributed by atoms with Crippen molar-refractivity contribution in [3.05, 3.63) is 33.8 Å². The van der Waals surface area contributed by atoms with Gasteiger partial charge in [0.15, 0.2) is 5.60 Å². The van der Waals surface area contributed by atoms with Crippen molar-refractivity contribution >= 4 is 66.6 Å². The lowest BCUT2D eigenvalue weighted by atomic mass is 9.95. The molecular weight excluding hydrogens is 538 g/mol. The smallest absolute Gasteiger partial charge is 0.511 e. The van der Waals surface area contributed by atoms with Crippen LogP contribution in [0.2, 0.25) is 10.0 Å². The first-order chi connectivity index (χ1) is 17.2. The van der Waals surface area contributed by atoms with Crippen LogP contribution in [0, 0.1) is 5.92 Å². The summed E-state index contributed by atoms with van der Waals surface area (Å²) in [6, 6.07) is 2.77. The van der Waals surface area contributed by atoms with E-state index in [-0.39, 0.29) is 35.6 Å². The average Bonchev–Trinajstić information content (AvgIpc) is 2.78. The van der Waals surface area contributed by atoms with Gasteiger partial charge in [-0.1, -0.05) is 37.0 Å². The zero-order valence-electron chi connectivity index (χ0n) is 19.7. The van der Waals surface area contributed by atoms with Crippen molar-refractivity contribution in [3.8, 4) is 0 Å². The number of hydrogen-bond donors (Lipinski definition) is 5. The number of carboxylic acids is 1. The molecule has 0 bridgehead atoms. The first kappa shape index (κ1) is 31.8. The molecule has 2 amide bonds. The molecule has 0 aliphatic heterocycles. The number of carbonyl (C=O) groups is 6. The van der Waals surface area contributed by atoms with Crippen molar-refractivity contribution in [2.45, 2.75) is 44.8 Å². The topological polar surface area (TPSA) is 206 Å². The maximum Gasteiger partial charge on any atom is 0.571 e. The molecule has 0 heterocycles. The van der Waals surface area contributed by atoms with Crippen LogP contribution in [0.15, 0.2) is 18.2 Å². The summed E-state index contributed by atoms with van der Waals surface area (Å²) in [5.41, 5.74) is -2.99. The Balaban J connectivity index is 2.81. The number of rotatable bonds is 13. The molecule has 0 saturated carbocycles. The fourth-order valence-corrected chi connectivity index (χ4v) is 3.24. The SMILES string of the molecule is CC(C)C[C@@H](NC(=O)CNC(=O)c1cc(Cl)ccc1Cl)C(=O)OC(=O)CC(O)(CC(=O)O[B]O)C(=O)O. The molecule has 5 N–H and O–H groups in total. The Morgan fingerprint density at radius 3 is 2.27 bits per heavy atom. The molecule has 201 valence electrons. The van der Waals surface area contributed by atoms with Crippen LogP contribution < -0.4 is 10.6 Å². The number of benzene rings is 1. The number of hydrogen-bond acceptors (Lipinski definition) is 10. The summed E-state index contributed by atoms with van der Waals surface area (Å²) >= 11 is 11.8. The summed E-state index contributed by atoms with van der Waals surface area (Å²) in [6.07, 6.45) is -2.58. The van der Waals surface area contributed by atoms with Gasteiger partial charge in [-0.15, -0.1) is 0 Å². The highest BCUT2D eigenvalue weighted by molar-refractivity contribution is 6.35. The number of aliphatic carboxylic acids is 1. The number of amides is 2. The van der Waals surface area contributed by atoms with Gasteiger partial charge in [-0.25, -0.2) is 9.59 Å². The molecule has 1 aromatic carbocycles. The third kappa shape index (κ3) is 10.8. The Kier molecular flexibility index (Phi) is 12.5. The van der Waals surface area contributed by atoms with Gasteiger partial charge in [0.1, 0.15) is 6.04 Å². The van der Waals surface area contributed by atoms with Crippen LogP contribution in [-0.4, -0.2) is 76.8 Å². The van der Waals surface area contributed by atoms with E-state index in [1.54, 1.807) is 13.8 Å². The van der Waals surface area contributed by atoms with Crippen LogP contribution in [0.1, 0.15) is 43.5 Å². The van der Waals surface area contributed by atoms with Gasteiger partial charge < -0.3 is 35.3 Å². The number of ether oxygens (including phenoxy) is 1. The van der Waals surface area contributed by atoms with Gasteiger partial charge >= 0.3 is 25.6 Å². The minimum Gasteiger partial charge on any atom is -0.511 e. The Hall–Kier alpha value is -3.20. The van der Waals surface area contributed by atoms with Gasteiger partial charge in [0.2, 0.25) is 5.91 Å². The molecular formula is C21H24BCl2N2O11. The van der Waals surface area contributed by atoms with Crippen LogP contribution in [0.25, 0.3) is 0 Å². The van der Waals surface area contributed by atoms with Gasteiger partial charge in [-0.2, -0.15) is 0 Å². The monoisotopic (exact) mass is 561 g/mol. The Morgan fingerprint density at radius 1 is 1.08 bits per heavy atom. The predicted octanol–water partition coefficient (Wildman–Crippen LogP) is -0.0105. The Labute approximate surface area is 221 Å². The molecule has 0 aromatic heterocycles. The summed E-state index contributed by atoms with van der Waals surface area (Å²) in [5.74, 6) is -7.88. The lowest BCUT2D eigenvalue weighted by molar-refractivity contribution is -0.175. The molecule has 0 spiro atoms. The molecule has 37 heavy (non-hydrogen) atoms. The van der Waals surface area contributed by atoms with Gasteiger partial charge in [-0.3, -0.25) is 19.2 Å². The lowest BCUT2D eigenvalue weighted by Gasteiger charge is -2.22. The van der Waals surface area contributed by atoms with Crippen molar-refractivity contribution in [2.75, 3.05) is 6.54 Å². The van der Waals surface area contributed by atoms with E-state index in [9.17, 15) is 33.9 Å². The number of nitrogens with one attached hydrogen (secondary N) is 2. The average molecular weight is 562 g/mol. The molecule has 1 aromatic rings. The zero-order valence-corrected chi connectivity index (χ0v) is 21.2. The third-order valence-electron chi connectivity index (χ3n) is 4.58. The summed E-state index contributed by atoms with van der Waals surface area (Å²) < 4.78 is 8.60. The largest absolute Gasteiger partial charge is 0.571 e. The second kappa shape index (κ2) is 14.5. The molecule has 16 heteroatoms. The van der Waals surface area contributed by atoms with E-state index in [4.69, 9.17) is 33.3 Å². The van der Waals surface area contributed by atoms with Gasteiger partial charge in [-0.05, 0) is 30.5 Å². The molecule has 0 aliphatic carbocycles. The van der Waals surface area contributed by atoms with Crippen molar-refractivity contribution in [2.24, 2.45) is 5.92 Å². The van der Waals surface area contributed by atoms with E-state index in [1.165, 1.54) is 18.2 Å². The highest BCUT2D eigenvalue weighted by atomic mass is 35.5. The third-order valence-corrected chi connectivity index (χ3v) is 5.14. The van der Waals surface area contributed by atoms with E-state index in [0.717, 1.165) is 0 Å². The number of carbonyl (C=O) groups excluding carboxylic acids is 5. The second-order valence-corrected chi connectivity index (χ2v) is 8.98. The molecule has 13 nitrogen and oxygen atoms in total. The molecule has 0 fully saturated rings. The first-order valence-corrected chi connectivity index (χ1v) is 11.3. The van der Waals surface area contributed by atoms with E-state index >= 15 is 0 Å². The highest BCUT2D eigenvalue weighted by Crippen LogP contribution is 2.21. The molecule has 1 rings (SSSR count). The zero-order chi connectivity index (χ0) is 28.3. The van der Waals surface area contributed by atoms with Crippen LogP contribution in [0.5, 0.6) is 0 Å². The summed E-state index contributed by atoms with van der Waals surface area (Å²) in [6.45, 7) is 2.81. The number of esters is 2. The fraction of sp³-hybridized carbons (Fsp3) is 0.429. The van der Waals surface area contributed by atoms with Crippen molar-refractivity contribution in [3.63, 3.8) is 0 Å². The number of aliphatic hydroxyl groups is 1. The summed E-state index contributed by atoms with van der Waals surface area (Å²) in [5, 5.41) is 32.6. The van der Waals surface area contributed by atoms with E-state index in [2.05, 4.69) is 20.0 Å². The number of halogens is 2. The maximum atomic E-state index is 12.5. The molecule has 0 saturated heterocycles. The molecule has 1 radical (unpaired) electrons. The van der Waals surface area contributed by atoms with Crippen molar-refractivity contribution < 1.29 is 53.4 Å². The second-order valence-electron chi connectivity index (χ2n) is 8.14. The minimum atomic E-state index is -3.00. The van der Waals surface area contributed by atoms with Crippen LogP contribution >= 0.6 is 23.2 Å². The Bertz CT molecular complexity index is 1050. The standard InChI is InChI=1S/C21H24BCl2N2O11/c1-10(2)5-14(26-15(27)9-25-18(30)12-6-11(23)3-4-13(12)24)19(31)36-16(28)7-21(34,20(32)33)8-17(29)37-22-35/h3-4,6,10,14,34-35H,5,7-9H2,1-2H3,(H,25,30)(H,26,27)(H,32,33)/t14-,21?/m1/s1.